The fraction of sp³-hybridized carbons (Fsp3) is 0.500. The molecule has 1 aliphatic heterocycles. The Bertz CT molecular complexity index is 296. The lowest BCUT2D eigenvalue weighted by Crippen LogP contribution is -2.57. The molecule has 4 nitrogen and oxygen atoms in total. The van der Waals surface area contributed by atoms with Crippen molar-refractivity contribution in [1.82, 2.24) is 15.3 Å². The summed E-state index contributed by atoms with van der Waals surface area (Å²) in [6.07, 6.45) is 1.67. The van der Waals surface area contributed by atoms with Crippen LogP contribution >= 0.6 is 0 Å². The second kappa shape index (κ2) is 2.50. The lowest BCUT2D eigenvalue weighted by atomic mass is 9.93. The fourth-order valence-electron chi connectivity index (χ4n) is 1.26. The third-order valence-corrected chi connectivity index (χ3v) is 2.09. The van der Waals surface area contributed by atoms with Gasteiger partial charge in [0.15, 0.2) is 0 Å². The summed E-state index contributed by atoms with van der Waals surface area (Å²) in [6.45, 7) is 2.99. The minimum atomic E-state index is -0.756. The van der Waals surface area contributed by atoms with Crippen molar-refractivity contribution >= 4 is 0 Å². The SMILES string of the molecule is Cc1nccc(C2(O)CNC2)n1. The number of aliphatic hydroxyl groups is 1. The predicted octanol–water partition coefficient (Wildman–Crippen LogP) is -0.424. The molecule has 0 aromatic carbocycles. The first-order valence-corrected chi connectivity index (χ1v) is 3.94. The highest BCUT2D eigenvalue weighted by atomic mass is 16.3. The largest absolute Gasteiger partial charge is 0.381 e. The maximum Gasteiger partial charge on any atom is 0.131 e. The van der Waals surface area contributed by atoms with Crippen molar-refractivity contribution < 1.29 is 5.11 Å². The Hall–Kier alpha value is -1.00. The zero-order valence-corrected chi connectivity index (χ0v) is 6.91. The number of β-amino-alcohol motifs (C(OH)–C–C–N with tert-alkyl or cyclic N) is 1. The fourth-order valence-corrected chi connectivity index (χ4v) is 1.26. The predicted molar refractivity (Wildman–Crippen MR) is 43.5 cm³/mol. The molecular weight excluding hydrogens is 154 g/mol. The zero-order valence-electron chi connectivity index (χ0n) is 6.91. The van der Waals surface area contributed by atoms with E-state index in [0.717, 1.165) is 0 Å². The van der Waals surface area contributed by atoms with Crippen molar-refractivity contribution in [3.05, 3.63) is 23.8 Å². The van der Waals surface area contributed by atoms with E-state index in [9.17, 15) is 5.11 Å². The van der Waals surface area contributed by atoms with E-state index < -0.39 is 5.60 Å². The monoisotopic (exact) mass is 165 g/mol. The van der Waals surface area contributed by atoms with Crippen LogP contribution in [0.15, 0.2) is 12.3 Å². The van der Waals surface area contributed by atoms with E-state index in [-0.39, 0.29) is 0 Å². The number of aromatic nitrogens is 2. The molecule has 0 unspecified atom stereocenters. The van der Waals surface area contributed by atoms with Crippen molar-refractivity contribution in [2.24, 2.45) is 0 Å². The quantitative estimate of drug-likeness (QED) is 0.593. The molecule has 2 rings (SSSR count). The molecule has 64 valence electrons. The van der Waals surface area contributed by atoms with Crippen LogP contribution in [0.4, 0.5) is 0 Å². The van der Waals surface area contributed by atoms with E-state index in [4.69, 9.17) is 0 Å². The molecule has 1 aliphatic rings. The smallest absolute Gasteiger partial charge is 0.131 e. The number of hydrogen-bond donors (Lipinski definition) is 2. The van der Waals surface area contributed by atoms with Gasteiger partial charge in [0.05, 0.1) is 5.69 Å². The Balaban J connectivity index is 2.33. The maximum atomic E-state index is 9.85. The molecular formula is C8H11N3O. The summed E-state index contributed by atoms with van der Waals surface area (Å²) in [7, 11) is 0. The van der Waals surface area contributed by atoms with E-state index in [1.807, 2.05) is 6.92 Å². The molecule has 12 heavy (non-hydrogen) atoms. The van der Waals surface area contributed by atoms with Crippen LogP contribution in [0.5, 0.6) is 0 Å². The highest BCUT2D eigenvalue weighted by Gasteiger charge is 2.37. The van der Waals surface area contributed by atoms with Crippen molar-refractivity contribution in [1.29, 1.82) is 0 Å². The summed E-state index contributed by atoms with van der Waals surface area (Å²) >= 11 is 0. The minimum Gasteiger partial charge on any atom is -0.381 e. The highest BCUT2D eigenvalue weighted by Crippen LogP contribution is 2.22. The molecule has 1 aromatic rings. The molecule has 0 atom stereocenters. The average Bonchev–Trinajstić information content (AvgIpc) is 2.00. The minimum absolute atomic E-state index is 0.587. The third-order valence-electron chi connectivity index (χ3n) is 2.09. The Morgan fingerprint density at radius 2 is 2.33 bits per heavy atom. The van der Waals surface area contributed by atoms with Gasteiger partial charge in [-0.15, -0.1) is 0 Å². The molecule has 0 spiro atoms. The van der Waals surface area contributed by atoms with Crippen molar-refractivity contribution in [3.63, 3.8) is 0 Å². The van der Waals surface area contributed by atoms with Gasteiger partial charge in [0, 0.05) is 19.3 Å². The second-order valence-electron chi connectivity index (χ2n) is 3.12. The normalized spacial score (nSPS) is 20.2. The van der Waals surface area contributed by atoms with Crippen molar-refractivity contribution in [2.45, 2.75) is 12.5 Å². The van der Waals surface area contributed by atoms with E-state index in [2.05, 4.69) is 15.3 Å². The first-order valence-electron chi connectivity index (χ1n) is 3.94. The molecule has 0 saturated carbocycles. The van der Waals surface area contributed by atoms with Crippen LogP contribution in [0.2, 0.25) is 0 Å². The third kappa shape index (κ3) is 1.09. The van der Waals surface area contributed by atoms with Gasteiger partial charge >= 0.3 is 0 Å². The first-order chi connectivity index (χ1) is 5.71. The summed E-state index contributed by atoms with van der Waals surface area (Å²) in [5.41, 5.74) is -0.0398. The number of nitrogens with one attached hydrogen (secondary N) is 1. The molecule has 1 aromatic heterocycles. The maximum absolute atomic E-state index is 9.85. The van der Waals surface area contributed by atoms with Crippen LogP contribution < -0.4 is 5.32 Å². The van der Waals surface area contributed by atoms with Gasteiger partial charge in [0.1, 0.15) is 11.4 Å². The van der Waals surface area contributed by atoms with E-state index >= 15 is 0 Å². The summed E-state index contributed by atoms with van der Waals surface area (Å²) in [5.74, 6) is 0.702. The van der Waals surface area contributed by atoms with Gasteiger partial charge < -0.3 is 10.4 Å². The molecule has 2 N–H and O–H groups in total. The van der Waals surface area contributed by atoms with Gasteiger partial charge in [-0.05, 0) is 13.0 Å². The van der Waals surface area contributed by atoms with Crippen LogP contribution in [-0.2, 0) is 5.60 Å². The summed E-state index contributed by atoms with van der Waals surface area (Å²) in [5, 5.41) is 12.9. The Morgan fingerprint density at radius 1 is 1.58 bits per heavy atom. The lowest BCUT2D eigenvalue weighted by molar-refractivity contribution is -0.0188. The summed E-state index contributed by atoms with van der Waals surface area (Å²) in [6, 6.07) is 1.76. The second-order valence-corrected chi connectivity index (χ2v) is 3.12. The lowest BCUT2D eigenvalue weighted by Gasteiger charge is -2.36. The molecule has 0 amide bonds. The van der Waals surface area contributed by atoms with Gasteiger partial charge in [0.25, 0.3) is 0 Å². The zero-order chi connectivity index (χ0) is 8.60. The molecule has 1 fully saturated rings. The van der Waals surface area contributed by atoms with E-state index in [1.165, 1.54) is 0 Å². The number of hydrogen-bond acceptors (Lipinski definition) is 4. The Labute approximate surface area is 70.7 Å². The average molecular weight is 165 g/mol. The van der Waals surface area contributed by atoms with Crippen LogP contribution in [0, 0.1) is 6.92 Å². The number of nitrogens with zero attached hydrogens (tertiary/aromatic N) is 2. The van der Waals surface area contributed by atoms with Crippen molar-refractivity contribution in [2.75, 3.05) is 13.1 Å². The Morgan fingerprint density at radius 3 is 2.83 bits per heavy atom. The van der Waals surface area contributed by atoms with Crippen LogP contribution in [-0.4, -0.2) is 28.2 Å². The van der Waals surface area contributed by atoms with Gasteiger partial charge in [-0.1, -0.05) is 0 Å². The molecule has 0 aliphatic carbocycles. The van der Waals surface area contributed by atoms with Gasteiger partial charge in [-0.2, -0.15) is 0 Å². The van der Waals surface area contributed by atoms with Crippen LogP contribution in [0.25, 0.3) is 0 Å². The molecule has 2 heterocycles. The van der Waals surface area contributed by atoms with Crippen molar-refractivity contribution in [3.8, 4) is 0 Å². The molecule has 4 heteroatoms. The number of aryl methyl sites for hydroxylation is 1. The van der Waals surface area contributed by atoms with Gasteiger partial charge in [-0.3, -0.25) is 0 Å². The van der Waals surface area contributed by atoms with Gasteiger partial charge in [0.2, 0.25) is 0 Å². The highest BCUT2D eigenvalue weighted by molar-refractivity contribution is 5.16. The standard InChI is InChI=1S/C8H11N3O/c1-6-10-3-2-7(11-6)8(12)4-9-5-8/h2-3,9,12H,4-5H2,1H3. The topological polar surface area (TPSA) is 58.0 Å². The summed E-state index contributed by atoms with van der Waals surface area (Å²) < 4.78 is 0. The van der Waals surface area contributed by atoms with Gasteiger partial charge in [-0.25, -0.2) is 9.97 Å². The van der Waals surface area contributed by atoms with E-state index in [0.29, 0.717) is 24.6 Å². The van der Waals surface area contributed by atoms with E-state index in [1.54, 1.807) is 12.3 Å². The Kier molecular flexibility index (Phi) is 1.59. The number of rotatable bonds is 1. The molecule has 0 bridgehead atoms. The first kappa shape index (κ1) is 7.64. The van der Waals surface area contributed by atoms with Crippen LogP contribution in [0.3, 0.4) is 0 Å². The molecule has 0 radical (unpaired) electrons. The molecule has 1 saturated heterocycles. The van der Waals surface area contributed by atoms with Crippen LogP contribution in [0.1, 0.15) is 11.5 Å². The summed E-state index contributed by atoms with van der Waals surface area (Å²) in [4.78, 5) is 8.13.